The maximum atomic E-state index is 12.5. The zero-order valence-electron chi connectivity index (χ0n) is 11.1. The summed E-state index contributed by atoms with van der Waals surface area (Å²) >= 11 is 3.51. The van der Waals surface area contributed by atoms with Crippen LogP contribution in [0.3, 0.4) is 0 Å². The van der Waals surface area contributed by atoms with E-state index >= 15 is 0 Å². The Balaban J connectivity index is 2.32. The Bertz CT molecular complexity index is 447. The van der Waals surface area contributed by atoms with Crippen molar-refractivity contribution >= 4 is 33.2 Å². The van der Waals surface area contributed by atoms with Crippen molar-refractivity contribution in [2.75, 3.05) is 29.9 Å². The fourth-order valence-corrected chi connectivity index (χ4v) is 2.42. The van der Waals surface area contributed by atoms with Crippen LogP contribution < -0.4 is 9.80 Å². The molecule has 0 saturated heterocycles. The average Bonchev–Trinajstić information content (AvgIpc) is 2.38. The summed E-state index contributed by atoms with van der Waals surface area (Å²) in [7, 11) is 2.06. The van der Waals surface area contributed by atoms with E-state index in [-0.39, 0.29) is 10.7 Å². The molecule has 0 radical (unpaired) electrons. The summed E-state index contributed by atoms with van der Waals surface area (Å²) < 4.78 is 0. The molecule has 0 aliphatic carbocycles. The number of hydrogen-bond donors (Lipinski definition) is 0. The molecule has 1 aromatic carbocycles. The van der Waals surface area contributed by atoms with Crippen molar-refractivity contribution in [1.29, 1.82) is 0 Å². The van der Waals surface area contributed by atoms with E-state index in [1.807, 2.05) is 23.1 Å². The van der Waals surface area contributed by atoms with Gasteiger partial charge >= 0.3 is 0 Å². The van der Waals surface area contributed by atoms with Crippen molar-refractivity contribution in [3.63, 3.8) is 0 Å². The minimum atomic E-state index is -0.117. The quantitative estimate of drug-likeness (QED) is 0.784. The van der Waals surface area contributed by atoms with Gasteiger partial charge in [0.2, 0.25) is 5.91 Å². The molecule has 3 nitrogen and oxygen atoms in total. The number of anilines is 2. The lowest BCUT2D eigenvalue weighted by molar-refractivity contribution is -0.118. The van der Waals surface area contributed by atoms with E-state index < -0.39 is 0 Å². The lowest BCUT2D eigenvalue weighted by Gasteiger charge is -2.37. The summed E-state index contributed by atoms with van der Waals surface area (Å²) in [5.41, 5.74) is 2.14. The third-order valence-corrected chi connectivity index (χ3v) is 4.78. The van der Waals surface area contributed by atoms with Gasteiger partial charge in [-0.25, -0.2) is 0 Å². The maximum Gasteiger partial charge on any atom is 0.241 e. The molecule has 4 heteroatoms. The number of benzene rings is 1. The smallest absolute Gasteiger partial charge is 0.241 e. The highest BCUT2D eigenvalue weighted by atomic mass is 79.9. The molecule has 18 heavy (non-hydrogen) atoms. The predicted molar refractivity (Wildman–Crippen MR) is 79.6 cm³/mol. The van der Waals surface area contributed by atoms with E-state index in [2.05, 4.69) is 47.8 Å². The van der Waals surface area contributed by atoms with Gasteiger partial charge in [-0.1, -0.05) is 41.9 Å². The molecule has 0 spiro atoms. The third kappa shape index (κ3) is 2.39. The fourth-order valence-electron chi connectivity index (χ4n) is 2.17. The number of carbonyl (C=O) groups excluding carboxylic acids is 1. The molecule has 98 valence electrons. The number of hydrogen-bond acceptors (Lipinski definition) is 2. The number of carbonyl (C=O) groups is 1. The number of alkyl halides is 1. The SMILES string of the molecule is CC(C)C(Br)C(=O)N1CCN(C)c2ccccc21. The second-order valence-corrected chi connectivity index (χ2v) is 6.03. The number of fused-ring (bicyclic) bond motifs is 1. The van der Waals surface area contributed by atoms with Crippen LogP contribution in [-0.4, -0.2) is 30.9 Å². The van der Waals surface area contributed by atoms with Gasteiger partial charge in [-0.3, -0.25) is 4.79 Å². The van der Waals surface area contributed by atoms with Gasteiger partial charge in [0.15, 0.2) is 0 Å². The van der Waals surface area contributed by atoms with E-state index in [9.17, 15) is 4.79 Å². The molecule has 0 aromatic heterocycles. The summed E-state index contributed by atoms with van der Waals surface area (Å²) in [6, 6.07) is 8.07. The monoisotopic (exact) mass is 310 g/mol. The fraction of sp³-hybridized carbons (Fsp3) is 0.500. The Morgan fingerprint density at radius 1 is 1.22 bits per heavy atom. The van der Waals surface area contributed by atoms with Crippen LogP contribution in [-0.2, 0) is 4.79 Å². The van der Waals surface area contributed by atoms with Crippen LogP contribution in [0.5, 0.6) is 0 Å². The van der Waals surface area contributed by atoms with Crippen LogP contribution >= 0.6 is 15.9 Å². The van der Waals surface area contributed by atoms with Crippen molar-refractivity contribution in [3.05, 3.63) is 24.3 Å². The topological polar surface area (TPSA) is 23.6 Å². The molecule has 1 aliphatic rings. The zero-order valence-corrected chi connectivity index (χ0v) is 12.6. The molecular weight excluding hydrogens is 292 g/mol. The molecule has 0 N–H and O–H groups in total. The normalized spacial score (nSPS) is 16.7. The van der Waals surface area contributed by atoms with Crippen molar-refractivity contribution < 1.29 is 4.79 Å². The summed E-state index contributed by atoms with van der Waals surface area (Å²) in [5, 5.41) is 0. The van der Waals surface area contributed by atoms with Gasteiger partial charge in [-0.05, 0) is 18.1 Å². The molecule has 0 fully saturated rings. The van der Waals surface area contributed by atoms with Crippen LogP contribution in [0.4, 0.5) is 11.4 Å². The van der Waals surface area contributed by atoms with Crippen LogP contribution in [0.25, 0.3) is 0 Å². The van der Waals surface area contributed by atoms with Gasteiger partial charge in [0, 0.05) is 20.1 Å². The first-order valence-corrected chi connectivity index (χ1v) is 7.19. The van der Waals surface area contributed by atoms with Gasteiger partial charge in [-0.2, -0.15) is 0 Å². The number of amides is 1. The zero-order chi connectivity index (χ0) is 13.3. The van der Waals surface area contributed by atoms with Crippen LogP contribution in [0, 0.1) is 5.92 Å². The number of para-hydroxylation sites is 2. The van der Waals surface area contributed by atoms with E-state index in [1.54, 1.807) is 0 Å². The summed E-state index contributed by atoms with van der Waals surface area (Å²) in [6.45, 7) is 5.74. The Hall–Kier alpha value is -1.03. The van der Waals surface area contributed by atoms with Crippen LogP contribution in [0.15, 0.2) is 24.3 Å². The van der Waals surface area contributed by atoms with E-state index in [1.165, 1.54) is 0 Å². The molecule has 1 aliphatic heterocycles. The lowest BCUT2D eigenvalue weighted by Crippen LogP contribution is -2.46. The first-order valence-electron chi connectivity index (χ1n) is 6.28. The summed E-state index contributed by atoms with van der Waals surface area (Å²) in [4.78, 5) is 16.4. The first-order chi connectivity index (χ1) is 8.52. The summed E-state index contributed by atoms with van der Waals surface area (Å²) in [6.07, 6.45) is 0. The molecular formula is C14H19BrN2O. The molecule has 0 saturated carbocycles. The molecule has 2 rings (SSSR count). The molecule has 0 bridgehead atoms. The largest absolute Gasteiger partial charge is 0.371 e. The van der Waals surface area contributed by atoms with Gasteiger partial charge in [0.05, 0.1) is 16.2 Å². The highest BCUT2D eigenvalue weighted by Crippen LogP contribution is 2.33. The number of nitrogens with zero attached hydrogens (tertiary/aromatic N) is 2. The Morgan fingerprint density at radius 3 is 2.44 bits per heavy atom. The van der Waals surface area contributed by atoms with Crippen molar-refractivity contribution in [3.8, 4) is 0 Å². The number of likely N-dealkylation sites (N-methyl/N-ethyl adjacent to an activating group) is 1. The summed E-state index contributed by atoms with van der Waals surface area (Å²) in [5.74, 6) is 0.454. The van der Waals surface area contributed by atoms with Gasteiger partial charge in [-0.15, -0.1) is 0 Å². The second-order valence-electron chi connectivity index (χ2n) is 5.05. The Labute approximate surface area is 117 Å². The Kier molecular flexibility index (Phi) is 3.95. The molecule has 1 heterocycles. The van der Waals surface area contributed by atoms with Gasteiger partial charge < -0.3 is 9.80 Å². The number of rotatable bonds is 2. The van der Waals surface area contributed by atoms with E-state index in [4.69, 9.17) is 0 Å². The molecule has 1 atom stereocenters. The lowest BCUT2D eigenvalue weighted by atomic mass is 10.1. The minimum absolute atomic E-state index is 0.117. The predicted octanol–water partition coefficient (Wildman–Crippen LogP) is 2.89. The third-order valence-electron chi connectivity index (χ3n) is 3.33. The Morgan fingerprint density at radius 2 is 1.83 bits per heavy atom. The minimum Gasteiger partial charge on any atom is -0.371 e. The first kappa shape index (κ1) is 13.4. The highest BCUT2D eigenvalue weighted by molar-refractivity contribution is 9.10. The standard InChI is InChI=1S/C14H19BrN2O/c1-10(2)13(15)14(18)17-9-8-16(3)11-6-4-5-7-12(11)17/h4-7,10,13H,8-9H2,1-3H3. The van der Waals surface area contributed by atoms with Crippen molar-refractivity contribution in [1.82, 2.24) is 0 Å². The average molecular weight is 311 g/mol. The van der Waals surface area contributed by atoms with Crippen molar-refractivity contribution in [2.24, 2.45) is 5.92 Å². The van der Waals surface area contributed by atoms with Crippen LogP contribution in [0.1, 0.15) is 13.8 Å². The maximum absolute atomic E-state index is 12.5. The van der Waals surface area contributed by atoms with E-state index in [0.29, 0.717) is 5.92 Å². The van der Waals surface area contributed by atoms with E-state index in [0.717, 1.165) is 24.5 Å². The van der Waals surface area contributed by atoms with Crippen LogP contribution in [0.2, 0.25) is 0 Å². The molecule has 1 unspecified atom stereocenters. The molecule has 1 aromatic rings. The van der Waals surface area contributed by atoms with Gasteiger partial charge in [0.25, 0.3) is 0 Å². The highest BCUT2D eigenvalue weighted by Gasteiger charge is 2.30. The van der Waals surface area contributed by atoms with Crippen molar-refractivity contribution in [2.45, 2.75) is 18.7 Å². The number of halogens is 1. The molecule has 1 amide bonds. The second kappa shape index (κ2) is 5.31. The van der Waals surface area contributed by atoms with Gasteiger partial charge in [0.1, 0.15) is 0 Å².